The molecule has 6 heteroatoms. The zero-order valence-electron chi connectivity index (χ0n) is 16.8. The summed E-state index contributed by atoms with van der Waals surface area (Å²) >= 11 is 6.07. The van der Waals surface area contributed by atoms with Crippen LogP contribution in [-0.2, 0) is 0 Å². The number of ether oxygens (including phenoxy) is 1. The van der Waals surface area contributed by atoms with Crippen molar-refractivity contribution in [1.29, 1.82) is 0 Å². The molecule has 0 saturated heterocycles. The van der Waals surface area contributed by atoms with Crippen LogP contribution in [0.5, 0.6) is 5.75 Å². The standard InChI is InChI=1S/C25H20ClN3O2/c1-31-19-7-9-20(22(27)15-19)25(30)10-5-16-3-2-4-18(13-16)29-23-11-12-28-24-14-17(26)6-8-21(23)24/h2-15H,27H2,1H3,(H,28,29)/b10-5+. The lowest BCUT2D eigenvalue weighted by Gasteiger charge is -2.10. The minimum absolute atomic E-state index is 0.171. The van der Waals surface area contributed by atoms with E-state index in [1.807, 2.05) is 48.5 Å². The van der Waals surface area contributed by atoms with Crippen molar-refractivity contribution in [2.45, 2.75) is 0 Å². The zero-order chi connectivity index (χ0) is 21.8. The number of carbonyl (C=O) groups excluding carboxylic acids is 1. The number of anilines is 3. The first kappa shape index (κ1) is 20.4. The largest absolute Gasteiger partial charge is 0.497 e. The number of ketones is 1. The number of carbonyl (C=O) groups is 1. The summed E-state index contributed by atoms with van der Waals surface area (Å²) in [6.07, 6.45) is 5.02. The van der Waals surface area contributed by atoms with Crippen molar-refractivity contribution < 1.29 is 9.53 Å². The lowest BCUT2D eigenvalue weighted by molar-refractivity contribution is 0.104. The lowest BCUT2D eigenvalue weighted by atomic mass is 10.1. The van der Waals surface area contributed by atoms with Gasteiger partial charge in [-0.05, 0) is 60.2 Å². The number of nitrogens with two attached hydrogens (primary N) is 1. The number of methoxy groups -OCH3 is 1. The maximum absolute atomic E-state index is 12.5. The summed E-state index contributed by atoms with van der Waals surface area (Å²) in [6.45, 7) is 0. The van der Waals surface area contributed by atoms with Gasteiger partial charge in [-0.1, -0.05) is 29.8 Å². The third-order valence-electron chi connectivity index (χ3n) is 4.82. The highest BCUT2D eigenvalue weighted by molar-refractivity contribution is 6.31. The summed E-state index contributed by atoms with van der Waals surface area (Å²) in [5.41, 5.74) is 10.3. The predicted octanol–water partition coefficient (Wildman–Crippen LogP) is 6.12. The van der Waals surface area contributed by atoms with Crippen LogP contribution in [0.1, 0.15) is 15.9 Å². The summed E-state index contributed by atoms with van der Waals surface area (Å²) in [6, 6.07) is 20.3. The number of nitrogen functional groups attached to an aromatic ring is 1. The smallest absolute Gasteiger partial charge is 0.187 e. The minimum Gasteiger partial charge on any atom is -0.497 e. The van der Waals surface area contributed by atoms with E-state index in [9.17, 15) is 4.79 Å². The molecule has 3 N–H and O–H groups in total. The molecule has 0 aliphatic heterocycles. The summed E-state index contributed by atoms with van der Waals surface area (Å²) in [5, 5.41) is 5.03. The van der Waals surface area contributed by atoms with Crippen molar-refractivity contribution in [3.63, 3.8) is 0 Å². The fourth-order valence-corrected chi connectivity index (χ4v) is 3.43. The highest BCUT2D eigenvalue weighted by atomic mass is 35.5. The van der Waals surface area contributed by atoms with Gasteiger partial charge in [-0.15, -0.1) is 0 Å². The van der Waals surface area contributed by atoms with Gasteiger partial charge in [0.2, 0.25) is 0 Å². The number of nitrogens with one attached hydrogen (secondary N) is 1. The maximum atomic E-state index is 12.5. The molecule has 4 aromatic rings. The average molecular weight is 430 g/mol. The Bertz CT molecular complexity index is 1300. The number of halogens is 1. The Morgan fingerprint density at radius 3 is 2.77 bits per heavy atom. The summed E-state index contributed by atoms with van der Waals surface area (Å²) in [5.74, 6) is 0.443. The maximum Gasteiger partial charge on any atom is 0.187 e. The first-order valence-electron chi connectivity index (χ1n) is 9.61. The highest BCUT2D eigenvalue weighted by Gasteiger charge is 2.08. The number of hydrogen-bond donors (Lipinski definition) is 2. The Morgan fingerprint density at radius 1 is 1.10 bits per heavy atom. The molecule has 0 saturated carbocycles. The second-order valence-corrected chi connectivity index (χ2v) is 7.36. The number of hydrogen-bond acceptors (Lipinski definition) is 5. The van der Waals surface area contributed by atoms with Gasteiger partial charge in [-0.2, -0.15) is 0 Å². The van der Waals surface area contributed by atoms with Crippen LogP contribution < -0.4 is 15.8 Å². The van der Waals surface area contributed by atoms with E-state index < -0.39 is 0 Å². The Morgan fingerprint density at radius 2 is 1.97 bits per heavy atom. The SMILES string of the molecule is COc1ccc(C(=O)/C=C/c2cccc(Nc3ccnc4cc(Cl)ccc34)c2)c(N)c1. The van der Waals surface area contributed by atoms with E-state index in [2.05, 4.69) is 10.3 Å². The molecule has 0 aliphatic rings. The molecule has 0 radical (unpaired) electrons. The van der Waals surface area contributed by atoms with E-state index in [1.54, 1.807) is 37.6 Å². The molecule has 154 valence electrons. The summed E-state index contributed by atoms with van der Waals surface area (Å²) < 4.78 is 5.13. The number of benzene rings is 3. The van der Waals surface area contributed by atoms with Crippen molar-refractivity contribution >= 4 is 51.4 Å². The molecule has 0 bridgehead atoms. The van der Waals surface area contributed by atoms with Crippen LogP contribution in [0.15, 0.2) is 79.0 Å². The van der Waals surface area contributed by atoms with E-state index in [1.165, 1.54) is 6.08 Å². The Hall–Kier alpha value is -3.83. The van der Waals surface area contributed by atoms with Crippen LogP contribution in [-0.4, -0.2) is 17.9 Å². The van der Waals surface area contributed by atoms with Crippen molar-refractivity contribution in [2.24, 2.45) is 0 Å². The topological polar surface area (TPSA) is 77.2 Å². The van der Waals surface area contributed by atoms with Crippen LogP contribution >= 0.6 is 11.6 Å². The molecular formula is C25H20ClN3O2. The molecule has 0 spiro atoms. The monoisotopic (exact) mass is 429 g/mol. The summed E-state index contributed by atoms with van der Waals surface area (Å²) in [4.78, 5) is 16.9. The first-order chi connectivity index (χ1) is 15.0. The number of pyridine rings is 1. The Balaban J connectivity index is 1.54. The van der Waals surface area contributed by atoms with Gasteiger partial charge in [0.25, 0.3) is 0 Å². The van der Waals surface area contributed by atoms with E-state index in [-0.39, 0.29) is 5.78 Å². The van der Waals surface area contributed by atoms with Crippen molar-refractivity contribution in [1.82, 2.24) is 4.98 Å². The van der Waals surface area contributed by atoms with Gasteiger partial charge in [0.05, 0.1) is 12.6 Å². The molecule has 0 atom stereocenters. The molecule has 3 aromatic carbocycles. The third kappa shape index (κ3) is 4.68. The van der Waals surface area contributed by atoms with E-state index in [0.717, 1.165) is 27.8 Å². The van der Waals surface area contributed by atoms with Gasteiger partial charge < -0.3 is 15.8 Å². The molecular weight excluding hydrogens is 410 g/mol. The van der Waals surface area contributed by atoms with Crippen molar-refractivity contribution in [3.05, 3.63) is 95.2 Å². The van der Waals surface area contributed by atoms with Crippen molar-refractivity contribution in [2.75, 3.05) is 18.2 Å². The van der Waals surface area contributed by atoms with Crippen LogP contribution in [0, 0.1) is 0 Å². The van der Waals surface area contributed by atoms with Crippen LogP contribution in [0.3, 0.4) is 0 Å². The van der Waals surface area contributed by atoms with Crippen LogP contribution in [0.4, 0.5) is 17.1 Å². The van der Waals surface area contributed by atoms with Gasteiger partial charge >= 0.3 is 0 Å². The molecule has 31 heavy (non-hydrogen) atoms. The third-order valence-corrected chi connectivity index (χ3v) is 5.06. The van der Waals surface area contributed by atoms with E-state index in [0.29, 0.717) is 22.0 Å². The molecule has 1 aromatic heterocycles. The molecule has 1 heterocycles. The first-order valence-corrected chi connectivity index (χ1v) is 9.98. The Labute approximate surface area is 185 Å². The highest BCUT2D eigenvalue weighted by Crippen LogP contribution is 2.27. The fraction of sp³-hybridized carbons (Fsp3) is 0.0400. The van der Waals surface area contributed by atoms with Crippen LogP contribution in [0.2, 0.25) is 5.02 Å². The average Bonchev–Trinajstić information content (AvgIpc) is 2.77. The van der Waals surface area contributed by atoms with Gasteiger partial charge in [-0.3, -0.25) is 9.78 Å². The molecule has 0 aliphatic carbocycles. The van der Waals surface area contributed by atoms with Gasteiger partial charge in [-0.25, -0.2) is 0 Å². The molecule has 0 unspecified atom stereocenters. The normalized spacial score (nSPS) is 11.0. The Kier molecular flexibility index (Phi) is 5.87. The van der Waals surface area contributed by atoms with Gasteiger partial charge in [0.1, 0.15) is 5.75 Å². The van der Waals surface area contributed by atoms with Crippen molar-refractivity contribution in [3.8, 4) is 5.75 Å². The number of rotatable bonds is 6. The number of aromatic nitrogens is 1. The zero-order valence-corrected chi connectivity index (χ0v) is 17.6. The second-order valence-electron chi connectivity index (χ2n) is 6.92. The molecule has 5 nitrogen and oxygen atoms in total. The lowest BCUT2D eigenvalue weighted by Crippen LogP contribution is -2.01. The number of fused-ring (bicyclic) bond motifs is 1. The number of nitrogens with zero attached hydrogens (tertiary/aromatic N) is 1. The minimum atomic E-state index is -0.171. The van der Waals surface area contributed by atoms with Crippen LogP contribution in [0.25, 0.3) is 17.0 Å². The van der Waals surface area contributed by atoms with E-state index in [4.69, 9.17) is 22.1 Å². The van der Waals surface area contributed by atoms with Gasteiger partial charge in [0.15, 0.2) is 5.78 Å². The second kappa shape index (κ2) is 8.90. The fourth-order valence-electron chi connectivity index (χ4n) is 3.26. The molecule has 4 rings (SSSR count). The number of allylic oxidation sites excluding steroid dienone is 1. The molecule has 0 fully saturated rings. The van der Waals surface area contributed by atoms with E-state index >= 15 is 0 Å². The van der Waals surface area contributed by atoms with Gasteiger partial charge in [0, 0.05) is 45.3 Å². The molecule has 0 amide bonds. The summed E-state index contributed by atoms with van der Waals surface area (Å²) in [7, 11) is 1.56. The quantitative estimate of drug-likeness (QED) is 0.219. The predicted molar refractivity (Wildman–Crippen MR) is 127 cm³/mol.